The monoisotopic (exact) mass is 583 g/mol. The molecule has 1 N–H and O–H groups in total. The molecule has 0 spiro atoms. The van der Waals surface area contributed by atoms with Crippen molar-refractivity contribution < 1.29 is 35.9 Å². The number of amides is 2. The number of benzene rings is 2. The first kappa shape index (κ1) is 30.7. The molecule has 1 aromatic heterocycles. The molecule has 212 valence electrons. The third kappa shape index (κ3) is 8.84. The molecule has 40 heavy (non-hydrogen) atoms. The normalized spacial score (nSPS) is 12.8. The summed E-state index contributed by atoms with van der Waals surface area (Å²) in [7, 11) is 1.24. The number of hydrogen-bond donors (Lipinski definition) is 1. The summed E-state index contributed by atoms with van der Waals surface area (Å²) in [6.07, 6.45) is -3.79. The quantitative estimate of drug-likeness (QED) is 0.235. The summed E-state index contributed by atoms with van der Waals surface area (Å²) in [5, 5.41) is 3.12. The van der Waals surface area contributed by atoms with E-state index in [0.717, 1.165) is 10.5 Å². The Labute approximate surface area is 231 Å². The van der Waals surface area contributed by atoms with Gasteiger partial charge in [0.05, 0.1) is 17.2 Å². The predicted octanol–water partition coefficient (Wildman–Crippen LogP) is 6.37. The number of pyridine rings is 1. The molecule has 3 aromatic rings. The second-order valence-corrected chi connectivity index (χ2v) is 9.31. The number of hydrogen-bond acceptors (Lipinski definition) is 3. The van der Waals surface area contributed by atoms with Gasteiger partial charge in [0.2, 0.25) is 5.91 Å². The van der Waals surface area contributed by atoms with Crippen LogP contribution < -0.4 is 5.32 Å². The molecule has 2 amide bonds. The summed E-state index contributed by atoms with van der Waals surface area (Å²) in [4.78, 5) is 30.6. The van der Waals surface area contributed by atoms with E-state index >= 15 is 0 Å². The Morgan fingerprint density at radius 3 is 2.15 bits per heavy atom. The molecular weight excluding hydrogens is 560 g/mol. The van der Waals surface area contributed by atoms with Gasteiger partial charge in [-0.3, -0.25) is 14.6 Å². The summed E-state index contributed by atoms with van der Waals surface area (Å²) in [6.45, 7) is 0.288. The minimum Gasteiger partial charge on any atom is -0.352 e. The summed E-state index contributed by atoms with van der Waals surface area (Å²) in [6, 6.07) is 9.90. The summed E-state index contributed by atoms with van der Waals surface area (Å²) >= 11 is 5.92. The average molecular weight is 584 g/mol. The third-order valence-electron chi connectivity index (χ3n) is 5.92. The van der Waals surface area contributed by atoms with E-state index in [9.17, 15) is 35.9 Å². The Hall–Kier alpha value is -3.86. The van der Waals surface area contributed by atoms with Crippen LogP contribution in [0.15, 0.2) is 79.1 Å². The molecule has 0 saturated heterocycles. The van der Waals surface area contributed by atoms with E-state index in [4.69, 9.17) is 11.6 Å². The van der Waals surface area contributed by atoms with Crippen molar-refractivity contribution in [1.29, 1.82) is 0 Å². The lowest BCUT2D eigenvalue weighted by Crippen LogP contribution is -2.38. The van der Waals surface area contributed by atoms with E-state index in [1.54, 1.807) is 42.7 Å². The third-order valence-corrected chi connectivity index (χ3v) is 6.17. The van der Waals surface area contributed by atoms with Crippen LogP contribution in [0.3, 0.4) is 0 Å². The van der Waals surface area contributed by atoms with Crippen LogP contribution >= 0.6 is 11.6 Å². The molecule has 1 atom stereocenters. The fourth-order valence-electron chi connectivity index (χ4n) is 3.76. The van der Waals surface area contributed by atoms with Crippen molar-refractivity contribution in [3.8, 4) is 0 Å². The highest BCUT2D eigenvalue weighted by molar-refractivity contribution is 6.30. The summed E-state index contributed by atoms with van der Waals surface area (Å²) < 4.78 is 80.0. The van der Waals surface area contributed by atoms with Gasteiger partial charge in [0, 0.05) is 42.6 Å². The molecule has 0 radical (unpaired) electrons. The zero-order valence-corrected chi connectivity index (χ0v) is 21.8. The first-order valence-electron chi connectivity index (χ1n) is 11.9. The number of nitrogens with one attached hydrogen (secondary N) is 1. The van der Waals surface area contributed by atoms with Crippen molar-refractivity contribution in [2.24, 2.45) is 0 Å². The van der Waals surface area contributed by atoms with Crippen LogP contribution in [0.25, 0.3) is 0 Å². The maximum Gasteiger partial charge on any atom is 0.416 e. The van der Waals surface area contributed by atoms with Crippen molar-refractivity contribution in [1.82, 2.24) is 15.2 Å². The highest BCUT2D eigenvalue weighted by atomic mass is 35.5. The molecule has 0 saturated carbocycles. The Bertz CT molecular complexity index is 1310. The van der Waals surface area contributed by atoms with Gasteiger partial charge < -0.3 is 10.2 Å². The van der Waals surface area contributed by atoms with Gasteiger partial charge in [0.1, 0.15) is 0 Å². The average Bonchev–Trinajstić information content (AvgIpc) is 2.90. The molecule has 3 rings (SSSR count). The minimum atomic E-state index is -5.11. The van der Waals surface area contributed by atoms with Gasteiger partial charge >= 0.3 is 12.4 Å². The Morgan fingerprint density at radius 2 is 1.60 bits per heavy atom. The smallest absolute Gasteiger partial charge is 0.352 e. The van der Waals surface area contributed by atoms with Gasteiger partial charge in [-0.1, -0.05) is 35.9 Å². The fourth-order valence-corrected chi connectivity index (χ4v) is 3.89. The van der Waals surface area contributed by atoms with Crippen LogP contribution in [0.1, 0.15) is 32.6 Å². The van der Waals surface area contributed by atoms with E-state index in [1.165, 1.54) is 19.2 Å². The van der Waals surface area contributed by atoms with Crippen molar-refractivity contribution in [3.63, 3.8) is 0 Å². The van der Waals surface area contributed by atoms with Gasteiger partial charge in [-0.05, 0) is 60.4 Å². The van der Waals surface area contributed by atoms with Crippen molar-refractivity contribution in [3.05, 3.63) is 112 Å². The SMILES string of the molecule is CN(C(=O)c1cc(C(F)(F)F)cc(C(F)(F)F)c1)C(C=CC(=O)NCCc1cccnc1)Cc1ccc(Cl)cc1. The van der Waals surface area contributed by atoms with Gasteiger partial charge in [0.25, 0.3) is 5.91 Å². The first-order chi connectivity index (χ1) is 18.7. The summed E-state index contributed by atoms with van der Waals surface area (Å²) in [5.74, 6) is -1.58. The number of alkyl halides is 6. The molecule has 5 nitrogen and oxygen atoms in total. The second kappa shape index (κ2) is 13.0. The van der Waals surface area contributed by atoms with E-state index < -0.39 is 46.9 Å². The standard InChI is InChI=1S/C28H24ClF6N3O2/c1-38(26(40)20-14-21(27(30,31)32)16-22(15-20)28(33,34)35)24(13-18-4-6-23(29)7-5-18)8-9-25(39)37-12-10-19-3-2-11-36-17-19/h2-9,11,14-17,24H,10,12-13H2,1H3,(H,37,39). The first-order valence-corrected chi connectivity index (χ1v) is 12.3. The lowest BCUT2D eigenvalue weighted by Gasteiger charge is -2.27. The molecule has 0 bridgehead atoms. The van der Waals surface area contributed by atoms with Crippen LogP contribution in [0.2, 0.25) is 5.02 Å². The maximum absolute atomic E-state index is 13.3. The maximum atomic E-state index is 13.3. The molecule has 1 unspecified atom stereocenters. The number of carbonyl (C=O) groups excluding carboxylic acids is 2. The molecule has 12 heteroatoms. The second-order valence-electron chi connectivity index (χ2n) is 8.87. The number of rotatable bonds is 9. The van der Waals surface area contributed by atoms with Gasteiger partial charge in [-0.15, -0.1) is 0 Å². The molecule has 0 aliphatic carbocycles. The molecule has 1 heterocycles. The molecule has 0 fully saturated rings. The number of halogens is 7. The van der Waals surface area contributed by atoms with Crippen LogP contribution in [-0.2, 0) is 30.0 Å². The lowest BCUT2D eigenvalue weighted by atomic mass is 10.0. The van der Waals surface area contributed by atoms with Crippen LogP contribution in [0.5, 0.6) is 0 Å². The van der Waals surface area contributed by atoms with Crippen molar-refractivity contribution >= 4 is 23.4 Å². The summed E-state index contributed by atoms with van der Waals surface area (Å²) in [5.41, 5.74) is -2.43. The number of likely N-dealkylation sites (N-methyl/N-ethyl adjacent to an activating group) is 1. The highest BCUT2D eigenvalue weighted by Crippen LogP contribution is 2.36. The highest BCUT2D eigenvalue weighted by Gasteiger charge is 2.38. The molecule has 0 aliphatic heterocycles. The van der Waals surface area contributed by atoms with Gasteiger partial charge in [-0.2, -0.15) is 26.3 Å². The van der Waals surface area contributed by atoms with E-state index in [1.807, 2.05) is 6.07 Å². The number of nitrogens with zero attached hydrogens (tertiary/aromatic N) is 2. The predicted molar refractivity (Wildman–Crippen MR) is 138 cm³/mol. The Balaban J connectivity index is 1.85. The minimum absolute atomic E-state index is 0.0439. The lowest BCUT2D eigenvalue weighted by molar-refractivity contribution is -0.143. The zero-order chi connectivity index (χ0) is 29.5. The fraction of sp³-hybridized carbons (Fsp3) is 0.250. The Kier molecular flexibility index (Phi) is 9.97. The topological polar surface area (TPSA) is 62.3 Å². The van der Waals surface area contributed by atoms with Gasteiger partial charge in [-0.25, -0.2) is 0 Å². The van der Waals surface area contributed by atoms with Crippen LogP contribution in [0, 0.1) is 0 Å². The van der Waals surface area contributed by atoms with Crippen LogP contribution in [0.4, 0.5) is 26.3 Å². The van der Waals surface area contributed by atoms with E-state index in [2.05, 4.69) is 10.3 Å². The molecule has 2 aromatic carbocycles. The van der Waals surface area contributed by atoms with Crippen LogP contribution in [-0.4, -0.2) is 41.3 Å². The molecule has 0 aliphatic rings. The van der Waals surface area contributed by atoms with E-state index in [-0.39, 0.29) is 19.0 Å². The largest absolute Gasteiger partial charge is 0.416 e. The Morgan fingerprint density at radius 1 is 0.975 bits per heavy atom. The number of aromatic nitrogens is 1. The van der Waals surface area contributed by atoms with Crippen molar-refractivity contribution in [2.75, 3.05) is 13.6 Å². The van der Waals surface area contributed by atoms with E-state index in [0.29, 0.717) is 29.1 Å². The van der Waals surface area contributed by atoms with Gasteiger partial charge in [0.15, 0.2) is 0 Å². The molecular formula is C28H24ClF6N3O2. The number of carbonyl (C=O) groups is 2. The zero-order valence-electron chi connectivity index (χ0n) is 21.1. The van der Waals surface area contributed by atoms with Crippen molar-refractivity contribution in [2.45, 2.75) is 31.2 Å².